The Morgan fingerprint density at radius 3 is 2.90 bits per heavy atom. The molecular formula is C17H17NOS. The standard InChI is InChI=1S/C17H17NOS/c19-15-11-17(9-4-7-14-13(17)8-10-20-14)16(18-15)12-5-2-1-3-6-12/h1-3,5-6,8,10,16H,4,7,9,11H2,(H,18,19). The number of rotatable bonds is 1. The number of nitrogens with one attached hydrogen (secondary N) is 1. The lowest BCUT2D eigenvalue weighted by atomic mass is 9.66. The van der Waals surface area contributed by atoms with Gasteiger partial charge in [-0.15, -0.1) is 11.3 Å². The minimum atomic E-state index is -0.0218. The molecule has 3 heteroatoms. The van der Waals surface area contributed by atoms with Crippen molar-refractivity contribution in [3.05, 3.63) is 57.8 Å². The molecule has 1 fully saturated rings. The van der Waals surface area contributed by atoms with Crippen molar-refractivity contribution in [3.8, 4) is 0 Å². The van der Waals surface area contributed by atoms with Gasteiger partial charge in [-0.1, -0.05) is 30.3 Å². The zero-order valence-corrected chi connectivity index (χ0v) is 12.1. The van der Waals surface area contributed by atoms with E-state index in [-0.39, 0.29) is 17.4 Å². The summed E-state index contributed by atoms with van der Waals surface area (Å²) in [5.74, 6) is 0.193. The fourth-order valence-corrected chi connectivity index (χ4v) is 4.98. The Kier molecular flexibility index (Phi) is 2.71. The zero-order valence-electron chi connectivity index (χ0n) is 11.3. The van der Waals surface area contributed by atoms with Gasteiger partial charge in [-0.3, -0.25) is 4.79 Å². The molecule has 2 aliphatic rings. The molecule has 4 rings (SSSR count). The molecule has 102 valence electrons. The molecule has 1 aliphatic heterocycles. The van der Waals surface area contributed by atoms with Crippen molar-refractivity contribution in [2.45, 2.75) is 37.1 Å². The van der Waals surface area contributed by atoms with Gasteiger partial charge in [0.25, 0.3) is 0 Å². The number of hydrogen-bond donors (Lipinski definition) is 1. The van der Waals surface area contributed by atoms with Gasteiger partial charge in [0.05, 0.1) is 6.04 Å². The van der Waals surface area contributed by atoms with Gasteiger partial charge in [0.15, 0.2) is 0 Å². The van der Waals surface area contributed by atoms with Crippen molar-refractivity contribution >= 4 is 17.2 Å². The maximum atomic E-state index is 12.1. The van der Waals surface area contributed by atoms with Gasteiger partial charge >= 0.3 is 0 Å². The molecule has 2 heterocycles. The van der Waals surface area contributed by atoms with Crippen LogP contribution in [0.2, 0.25) is 0 Å². The second kappa shape index (κ2) is 4.45. The third kappa shape index (κ3) is 1.66. The van der Waals surface area contributed by atoms with Crippen LogP contribution in [0.15, 0.2) is 41.8 Å². The Labute approximate surface area is 122 Å². The molecule has 2 unspecified atom stereocenters. The SMILES string of the molecule is O=C1CC2(CCCc3sccc32)C(c2ccccc2)N1. The van der Waals surface area contributed by atoms with E-state index in [1.807, 2.05) is 17.4 Å². The largest absolute Gasteiger partial charge is 0.348 e. The number of hydrogen-bond acceptors (Lipinski definition) is 2. The highest BCUT2D eigenvalue weighted by molar-refractivity contribution is 7.10. The molecule has 20 heavy (non-hydrogen) atoms. The average molecular weight is 283 g/mol. The van der Waals surface area contributed by atoms with Crippen molar-refractivity contribution in [2.75, 3.05) is 0 Å². The number of carbonyl (C=O) groups excluding carboxylic acids is 1. The highest BCUT2D eigenvalue weighted by Gasteiger charge is 2.50. The predicted molar refractivity (Wildman–Crippen MR) is 80.9 cm³/mol. The minimum Gasteiger partial charge on any atom is -0.348 e. The second-order valence-electron chi connectivity index (χ2n) is 5.86. The smallest absolute Gasteiger partial charge is 0.221 e. The second-order valence-corrected chi connectivity index (χ2v) is 6.86. The first kappa shape index (κ1) is 12.2. The fourth-order valence-electron chi connectivity index (χ4n) is 3.95. The Balaban J connectivity index is 1.86. The summed E-state index contributed by atoms with van der Waals surface area (Å²) in [7, 11) is 0. The van der Waals surface area contributed by atoms with E-state index in [0.29, 0.717) is 6.42 Å². The predicted octanol–water partition coefficient (Wildman–Crippen LogP) is 3.58. The zero-order chi connectivity index (χ0) is 13.6. The van der Waals surface area contributed by atoms with Crippen LogP contribution in [0.5, 0.6) is 0 Å². The Hall–Kier alpha value is -1.61. The van der Waals surface area contributed by atoms with E-state index in [2.05, 4.69) is 41.0 Å². The van der Waals surface area contributed by atoms with Crippen LogP contribution in [-0.4, -0.2) is 5.91 Å². The van der Waals surface area contributed by atoms with Gasteiger partial charge in [-0.25, -0.2) is 0 Å². The van der Waals surface area contributed by atoms with E-state index >= 15 is 0 Å². The van der Waals surface area contributed by atoms with Crippen LogP contribution in [0.1, 0.15) is 41.3 Å². The van der Waals surface area contributed by atoms with Crippen molar-refractivity contribution in [2.24, 2.45) is 0 Å². The third-order valence-electron chi connectivity index (χ3n) is 4.78. The fraction of sp³-hybridized carbons (Fsp3) is 0.353. The summed E-state index contributed by atoms with van der Waals surface area (Å²) in [5, 5.41) is 5.41. The first-order valence-electron chi connectivity index (χ1n) is 7.21. The molecule has 2 aromatic rings. The number of benzene rings is 1. The van der Waals surface area contributed by atoms with Crippen molar-refractivity contribution in [3.63, 3.8) is 0 Å². The minimum absolute atomic E-state index is 0.0218. The summed E-state index contributed by atoms with van der Waals surface area (Å²) >= 11 is 1.85. The molecule has 1 amide bonds. The van der Waals surface area contributed by atoms with Gasteiger partial charge in [0.2, 0.25) is 5.91 Å². The molecule has 1 aromatic carbocycles. The van der Waals surface area contributed by atoms with Crippen LogP contribution in [0.3, 0.4) is 0 Å². The summed E-state index contributed by atoms with van der Waals surface area (Å²) in [6.45, 7) is 0. The number of thiophene rings is 1. The molecule has 1 aliphatic carbocycles. The maximum absolute atomic E-state index is 12.1. The molecule has 2 nitrogen and oxygen atoms in total. The van der Waals surface area contributed by atoms with E-state index in [1.54, 1.807) is 0 Å². The molecule has 0 saturated carbocycles. The lowest BCUT2D eigenvalue weighted by Gasteiger charge is -2.38. The van der Waals surface area contributed by atoms with Crippen LogP contribution in [0, 0.1) is 0 Å². The van der Waals surface area contributed by atoms with E-state index < -0.39 is 0 Å². The molecule has 1 spiro atoms. The summed E-state index contributed by atoms with van der Waals surface area (Å²) in [4.78, 5) is 13.6. The van der Waals surface area contributed by atoms with Crippen molar-refractivity contribution in [1.82, 2.24) is 5.32 Å². The van der Waals surface area contributed by atoms with Gasteiger partial charge in [0, 0.05) is 16.7 Å². The first-order valence-corrected chi connectivity index (χ1v) is 8.09. The van der Waals surface area contributed by atoms with Gasteiger partial charge in [-0.05, 0) is 41.8 Å². The number of amides is 1. The molecule has 1 aromatic heterocycles. The van der Waals surface area contributed by atoms with Crippen LogP contribution in [-0.2, 0) is 16.6 Å². The van der Waals surface area contributed by atoms with E-state index in [9.17, 15) is 4.79 Å². The summed E-state index contributed by atoms with van der Waals surface area (Å²) < 4.78 is 0. The van der Waals surface area contributed by atoms with Crippen LogP contribution < -0.4 is 5.32 Å². The monoisotopic (exact) mass is 283 g/mol. The molecular weight excluding hydrogens is 266 g/mol. The number of carbonyl (C=O) groups is 1. The van der Waals surface area contributed by atoms with Gasteiger partial charge < -0.3 is 5.32 Å². The van der Waals surface area contributed by atoms with Crippen LogP contribution in [0.25, 0.3) is 0 Å². The topological polar surface area (TPSA) is 29.1 Å². The molecule has 0 bridgehead atoms. The quantitative estimate of drug-likeness (QED) is 0.851. The van der Waals surface area contributed by atoms with Crippen molar-refractivity contribution in [1.29, 1.82) is 0 Å². The molecule has 1 N–H and O–H groups in total. The normalized spacial score (nSPS) is 28.4. The highest BCUT2D eigenvalue weighted by Crippen LogP contribution is 2.52. The highest BCUT2D eigenvalue weighted by atomic mass is 32.1. The number of aryl methyl sites for hydroxylation is 1. The van der Waals surface area contributed by atoms with Gasteiger partial charge in [-0.2, -0.15) is 0 Å². The molecule has 0 radical (unpaired) electrons. The Bertz CT molecular complexity index is 648. The van der Waals surface area contributed by atoms with Crippen LogP contribution in [0.4, 0.5) is 0 Å². The lowest BCUT2D eigenvalue weighted by molar-refractivity contribution is -0.119. The van der Waals surface area contributed by atoms with E-state index in [1.165, 1.54) is 28.8 Å². The Morgan fingerprint density at radius 2 is 2.05 bits per heavy atom. The molecule has 2 atom stereocenters. The Morgan fingerprint density at radius 1 is 1.20 bits per heavy atom. The van der Waals surface area contributed by atoms with E-state index in [4.69, 9.17) is 0 Å². The average Bonchev–Trinajstić information content (AvgIpc) is 3.06. The van der Waals surface area contributed by atoms with Gasteiger partial charge in [0.1, 0.15) is 0 Å². The summed E-state index contributed by atoms with van der Waals surface area (Å²) in [5.41, 5.74) is 2.63. The van der Waals surface area contributed by atoms with Crippen molar-refractivity contribution < 1.29 is 4.79 Å². The molecule has 1 saturated heterocycles. The summed E-state index contributed by atoms with van der Waals surface area (Å²) in [6.07, 6.45) is 4.10. The summed E-state index contributed by atoms with van der Waals surface area (Å²) in [6, 6.07) is 12.8. The van der Waals surface area contributed by atoms with Crippen LogP contribution >= 0.6 is 11.3 Å². The maximum Gasteiger partial charge on any atom is 0.221 e. The van der Waals surface area contributed by atoms with E-state index in [0.717, 1.165) is 6.42 Å². The lowest BCUT2D eigenvalue weighted by Crippen LogP contribution is -2.35. The number of fused-ring (bicyclic) bond motifs is 2. The first-order chi connectivity index (χ1) is 9.79. The third-order valence-corrected chi connectivity index (χ3v) is 5.76.